The number of hydrogen-bond donors (Lipinski definition) is 2. The second-order valence-corrected chi connectivity index (χ2v) is 6.14. The standard InChI is InChI=1S/C20H23NO5/c1-24-13-9-10-19(25-2)16(11-13)21-20(23)12-26-18-8-4-5-14-15(18)6-3-7-17(14)22/h4-5,8-11,17,22H,3,6-7,12H2,1-2H3,(H,21,23)/t17-/m0/s1. The van der Waals surface area contributed by atoms with E-state index in [-0.39, 0.29) is 12.5 Å². The molecule has 6 heteroatoms. The topological polar surface area (TPSA) is 77.0 Å². The highest BCUT2D eigenvalue weighted by atomic mass is 16.5. The van der Waals surface area contributed by atoms with Gasteiger partial charge in [-0.3, -0.25) is 4.79 Å². The van der Waals surface area contributed by atoms with Crippen LogP contribution in [0.5, 0.6) is 17.2 Å². The van der Waals surface area contributed by atoms with Gasteiger partial charge in [0.05, 0.1) is 26.0 Å². The monoisotopic (exact) mass is 357 g/mol. The molecule has 0 aromatic heterocycles. The quantitative estimate of drug-likeness (QED) is 0.831. The number of carbonyl (C=O) groups excluding carboxylic acids is 1. The molecule has 6 nitrogen and oxygen atoms in total. The van der Waals surface area contributed by atoms with Gasteiger partial charge >= 0.3 is 0 Å². The number of aliphatic hydroxyl groups excluding tert-OH is 1. The Morgan fingerprint density at radius 2 is 2.04 bits per heavy atom. The SMILES string of the molecule is COc1ccc(OC)c(NC(=O)COc2cccc3c2CCC[C@@H]3O)c1. The number of carbonyl (C=O) groups is 1. The van der Waals surface area contributed by atoms with Gasteiger partial charge in [-0.2, -0.15) is 0 Å². The number of methoxy groups -OCH3 is 2. The van der Waals surface area contributed by atoms with Crippen molar-refractivity contribution in [2.45, 2.75) is 25.4 Å². The highest BCUT2D eigenvalue weighted by Crippen LogP contribution is 2.35. The number of rotatable bonds is 6. The summed E-state index contributed by atoms with van der Waals surface area (Å²) in [6, 6.07) is 10.8. The van der Waals surface area contributed by atoms with Crippen LogP contribution >= 0.6 is 0 Å². The molecule has 0 bridgehead atoms. The van der Waals surface area contributed by atoms with E-state index in [9.17, 15) is 9.90 Å². The molecule has 2 aromatic carbocycles. The van der Waals surface area contributed by atoms with Crippen LogP contribution in [-0.4, -0.2) is 31.8 Å². The number of benzene rings is 2. The van der Waals surface area contributed by atoms with Crippen LogP contribution in [0.1, 0.15) is 30.1 Å². The van der Waals surface area contributed by atoms with Crippen molar-refractivity contribution < 1.29 is 24.1 Å². The maximum absolute atomic E-state index is 12.3. The molecule has 2 aromatic rings. The van der Waals surface area contributed by atoms with Crippen molar-refractivity contribution in [2.75, 3.05) is 26.1 Å². The molecule has 0 saturated heterocycles. The largest absolute Gasteiger partial charge is 0.497 e. The molecule has 138 valence electrons. The van der Waals surface area contributed by atoms with Crippen LogP contribution in [0.25, 0.3) is 0 Å². The Bertz CT molecular complexity index is 790. The molecule has 1 aliphatic carbocycles. The van der Waals surface area contributed by atoms with Crippen molar-refractivity contribution in [3.63, 3.8) is 0 Å². The summed E-state index contributed by atoms with van der Waals surface area (Å²) in [4.78, 5) is 12.3. The Balaban J connectivity index is 1.68. The van der Waals surface area contributed by atoms with E-state index in [1.165, 1.54) is 7.11 Å². The lowest BCUT2D eigenvalue weighted by Crippen LogP contribution is -2.21. The smallest absolute Gasteiger partial charge is 0.262 e. The minimum Gasteiger partial charge on any atom is -0.497 e. The molecular weight excluding hydrogens is 334 g/mol. The van der Waals surface area contributed by atoms with Gasteiger partial charge < -0.3 is 24.6 Å². The minimum atomic E-state index is -0.461. The van der Waals surface area contributed by atoms with Gasteiger partial charge in [-0.05, 0) is 48.6 Å². The first kappa shape index (κ1) is 18.1. The van der Waals surface area contributed by atoms with Crippen LogP contribution < -0.4 is 19.5 Å². The first-order valence-electron chi connectivity index (χ1n) is 8.57. The van der Waals surface area contributed by atoms with E-state index >= 15 is 0 Å². The molecule has 2 N–H and O–H groups in total. The number of fused-ring (bicyclic) bond motifs is 1. The summed E-state index contributed by atoms with van der Waals surface area (Å²) in [6.07, 6.45) is 2.04. The summed E-state index contributed by atoms with van der Waals surface area (Å²) in [5.41, 5.74) is 2.40. The number of nitrogens with one attached hydrogen (secondary N) is 1. The van der Waals surface area contributed by atoms with Crippen LogP contribution in [0, 0.1) is 0 Å². The molecular formula is C20H23NO5. The lowest BCUT2D eigenvalue weighted by Gasteiger charge is -2.23. The van der Waals surface area contributed by atoms with Gasteiger partial charge in [0.1, 0.15) is 17.2 Å². The second kappa shape index (κ2) is 8.10. The van der Waals surface area contributed by atoms with Crippen molar-refractivity contribution in [2.24, 2.45) is 0 Å². The number of ether oxygens (including phenoxy) is 3. The van der Waals surface area contributed by atoms with Crippen molar-refractivity contribution in [1.29, 1.82) is 0 Å². The van der Waals surface area contributed by atoms with Gasteiger partial charge in [0.25, 0.3) is 5.91 Å². The summed E-state index contributed by atoms with van der Waals surface area (Å²) in [6.45, 7) is -0.132. The average Bonchev–Trinajstić information content (AvgIpc) is 2.66. The highest BCUT2D eigenvalue weighted by Gasteiger charge is 2.21. The molecule has 1 aliphatic rings. The van der Waals surface area contributed by atoms with Crippen molar-refractivity contribution in [1.82, 2.24) is 0 Å². The molecule has 1 atom stereocenters. The molecule has 0 spiro atoms. The Labute approximate surface area is 152 Å². The zero-order chi connectivity index (χ0) is 18.5. The minimum absolute atomic E-state index is 0.132. The summed E-state index contributed by atoms with van der Waals surface area (Å²) in [7, 11) is 3.10. The number of aliphatic hydroxyl groups is 1. The zero-order valence-corrected chi connectivity index (χ0v) is 15.0. The summed E-state index contributed by atoms with van der Waals surface area (Å²) in [5, 5.41) is 12.9. The molecule has 26 heavy (non-hydrogen) atoms. The van der Waals surface area contributed by atoms with E-state index in [4.69, 9.17) is 14.2 Å². The highest BCUT2D eigenvalue weighted by molar-refractivity contribution is 5.93. The normalized spacial score (nSPS) is 15.7. The van der Waals surface area contributed by atoms with Crippen LogP contribution in [0.15, 0.2) is 36.4 Å². The first-order valence-corrected chi connectivity index (χ1v) is 8.57. The molecule has 0 fully saturated rings. The van der Waals surface area contributed by atoms with Crippen molar-refractivity contribution in [3.8, 4) is 17.2 Å². The molecule has 0 aliphatic heterocycles. The summed E-state index contributed by atoms with van der Waals surface area (Å²) < 4.78 is 16.2. The Kier molecular flexibility index (Phi) is 5.63. The van der Waals surface area contributed by atoms with Crippen LogP contribution in [-0.2, 0) is 11.2 Å². The van der Waals surface area contributed by atoms with E-state index in [2.05, 4.69) is 5.32 Å². The zero-order valence-electron chi connectivity index (χ0n) is 15.0. The second-order valence-electron chi connectivity index (χ2n) is 6.14. The Hall–Kier alpha value is -2.73. The Morgan fingerprint density at radius 3 is 2.81 bits per heavy atom. The molecule has 0 radical (unpaired) electrons. The maximum Gasteiger partial charge on any atom is 0.262 e. The van der Waals surface area contributed by atoms with Crippen molar-refractivity contribution in [3.05, 3.63) is 47.5 Å². The molecule has 0 unspecified atom stereocenters. The van der Waals surface area contributed by atoms with Gasteiger partial charge in [-0.15, -0.1) is 0 Å². The fourth-order valence-electron chi connectivity index (χ4n) is 3.17. The molecule has 3 rings (SSSR count). The van der Waals surface area contributed by atoms with Gasteiger partial charge in [-0.1, -0.05) is 12.1 Å². The summed E-state index contributed by atoms with van der Waals surface area (Å²) in [5.74, 6) is 1.51. The molecule has 0 heterocycles. The van der Waals surface area contributed by atoms with Gasteiger partial charge in [0.2, 0.25) is 0 Å². The number of hydrogen-bond acceptors (Lipinski definition) is 5. The number of anilines is 1. The van der Waals surface area contributed by atoms with Crippen LogP contribution in [0.4, 0.5) is 5.69 Å². The van der Waals surface area contributed by atoms with E-state index in [0.717, 1.165) is 30.4 Å². The fourth-order valence-corrected chi connectivity index (χ4v) is 3.17. The molecule has 0 saturated carbocycles. The van der Waals surface area contributed by atoms with E-state index in [0.29, 0.717) is 22.9 Å². The lowest BCUT2D eigenvalue weighted by molar-refractivity contribution is -0.118. The first-order chi connectivity index (χ1) is 12.6. The predicted octanol–water partition coefficient (Wildman–Crippen LogP) is 3.09. The predicted molar refractivity (Wildman–Crippen MR) is 98.0 cm³/mol. The van der Waals surface area contributed by atoms with E-state index in [1.807, 2.05) is 18.2 Å². The van der Waals surface area contributed by atoms with E-state index in [1.54, 1.807) is 25.3 Å². The van der Waals surface area contributed by atoms with E-state index < -0.39 is 6.10 Å². The lowest BCUT2D eigenvalue weighted by atomic mass is 9.89. The van der Waals surface area contributed by atoms with Crippen LogP contribution in [0.3, 0.4) is 0 Å². The third-order valence-electron chi connectivity index (χ3n) is 4.47. The Morgan fingerprint density at radius 1 is 1.19 bits per heavy atom. The fraction of sp³-hybridized carbons (Fsp3) is 0.350. The van der Waals surface area contributed by atoms with Gasteiger partial charge in [0, 0.05) is 6.07 Å². The third kappa shape index (κ3) is 3.91. The van der Waals surface area contributed by atoms with Crippen molar-refractivity contribution >= 4 is 11.6 Å². The summed E-state index contributed by atoms with van der Waals surface area (Å²) >= 11 is 0. The maximum atomic E-state index is 12.3. The van der Waals surface area contributed by atoms with Gasteiger partial charge in [-0.25, -0.2) is 0 Å². The molecule has 1 amide bonds. The third-order valence-corrected chi connectivity index (χ3v) is 4.47. The van der Waals surface area contributed by atoms with Gasteiger partial charge in [0.15, 0.2) is 6.61 Å². The van der Waals surface area contributed by atoms with Crippen LogP contribution in [0.2, 0.25) is 0 Å². The average molecular weight is 357 g/mol. The number of amides is 1.